The SMILES string of the molecule is CC(=O)OCC(Cl)C(Cl)CCCC(Cl)CCl. The van der Waals surface area contributed by atoms with Gasteiger partial charge >= 0.3 is 5.97 Å². The van der Waals surface area contributed by atoms with E-state index in [1.807, 2.05) is 0 Å². The lowest BCUT2D eigenvalue weighted by atomic mass is 10.1. The van der Waals surface area contributed by atoms with Gasteiger partial charge in [-0.2, -0.15) is 0 Å². The average Bonchev–Trinajstić information content (AvgIpc) is 2.25. The van der Waals surface area contributed by atoms with E-state index in [1.165, 1.54) is 6.92 Å². The van der Waals surface area contributed by atoms with Crippen LogP contribution in [0.25, 0.3) is 0 Å². The molecule has 0 bridgehead atoms. The summed E-state index contributed by atoms with van der Waals surface area (Å²) in [5, 5.41) is -0.608. The van der Waals surface area contributed by atoms with Crippen LogP contribution in [0.2, 0.25) is 0 Å². The third kappa shape index (κ3) is 8.74. The Kier molecular flexibility index (Phi) is 10.0. The van der Waals surface area contributed by atoms with E-state index in [0.29, 0.717) is 5.88 Å². The molecule has 0 radical (unpaired) electrons. The summed E-state index contributed by atoms with van der Waals surface area (Å²) >= 11 is 23.4. The number of hydrogen-bond acceptors (Lipinski definition) is 2. The van der Waals surface area contributed by atoms with Crippen LogP contribution in [0, 0.1) is 0 Å². The Hall–Kier alpha value is 0.630. The van der Waals surface area contributed by atoms with Crippen LogP contribution in [0.5, 0.6) is 0 Å². The van der Waals surface area contributed by atoms with Crippen molar-refractivity contribution in [1.29, 1.82) is 0 Å². The van der Waals surface area contributed by atoms with Gasteiger partial charge in [0.1, 0.15) is 6.61 Å². The molecule has 0 aliphatic heterocycles. The van der Waals surface area contributed by atoms with Crippen LogP contribution in [-0.2, 0) is 9.53 Å². The molecule has 16 heavy (non-hydrogen) atoms. The summed E-state index contributed by atoms with van der Waals surface area (Å²) in [7, 11) is 0. The summed E-state index contributed by atoms with van der Waals surface area (Å²) in [6.45, 7) is 1.48. The third-order valence-corrected chi connectivity index (χ3v) is 3.99. The Morgan fingerprint density at radius 2 is 1.81 bits per heavy atom. The van der Waals surface area contributed by atoms with E-state index in [9.17, 15) is 4.79 Å². The highest BCUT2D eigenvalue weighted by Crippen LogP contribution is 2.19. The van der Waals surface area contributed by atoms with Crippen molar-refractivity contribution < 1.29 is 9.53 Å². The van der Waals surface area contributed by atoms with Crippen molar-refractivity contribution in [2.45, 2.75) is 42.3 Å². The first-order chi connectivity index (χ1) is 7.47. The molecule has 0 N–H and O–H groups in total. The third-order valence-electron chi connectivity index (χ3n) is 2.00. The molecule has 0 spiro atoms. The molecule has 3 unspecified atom stereocenters. The molecule has 0 aromatic rings. The minimum atomic E-state index is -0.365. The number of esters is 1. The number of alkyl halides is 4. The van der Waals surface area contributed by atoms with Crippen molar-refractivity contribution in [2.24, 2.45) is 0 Å². The monoisotopic (exact) mass is 308 g/mol. The average molecular weight is 310 g/mol. The van der Waals surface area contributed by atoms with E-state index in [4.69, 9.17) is 51.1 Å². The van der Waals surface area contributed by atoms with Crippen LogP contribution in [0.1, 0.15) is 26.2 Å². The van der Waals surface area contributed by atoms with Crippen molar-refractivity contribution in [3.8, 4) is 0 Å². The molecule has 3 atom stereocenters. The van der Waals surface area contributed by atoms with E-state index >= 15 is 0 Å². The van der Waals surface area contributed by atoms with Crippen molar-refractivity contribution in [2.75, 3.05) is 12.5 Å². The maximum atomic E-state index is 10.6. The zero-order valence-corrected chi connectivity index (χ0v) is 12.1. The summed E-state index contributed by atoms with van der Waals surface area (Å²) < 4.78 is 4.77. The molecular formula is C10H16Cl4O2. The number of rotatable bonds is 8. The number of ether oxygens (including phenoxy) is 1. The number of carbonyl (C=O) groups excluding carboxylic acids is 1. The Morgan fingerprint density at radius 1 is 1.19 bits per heavy atom. The van der Waals surface area contributed by atoms with E-state index in [1.54, 1.807) is 0 Å². The second-order valence-corrected chi connectivity index (χ2v) is 5.56. The molecule has 0 heterocycles. The van der Waals surface area contributed by atoms with Gasteiger partial charge in [0.2, 0.25) is 0 Å². The van der Waals surface area contributed by atoms with Crippen LogP contribution < -0.4 is 0 Å². The van der Waals surface area contributed by atoms with E-state index < -0.39 is 0 Å². The zero-order valence-electron chi connectivity index (χ0n) is 9.10. The van der Waals surface area contributed by atoms with Crippen LogP contribution in [0.4, 0.5) is 0 Å². The molecule has 0 aromatic heterocycles. The molecule has 0 fully saturated rings. The van der Waals surface area contributed by atoms with Gasteiger partial charge in [-0.1, -0.05) is 6.42 Å². The number of carbonyl (C=O) groups is 1. The lowest BCUT2D eigenvalue weighted by Gasteiger charge is -2.16. The first-order valence-electron chi connectivity index (χ1n) is 5.09. The summed E-state index contributed by atoms with van der Waals surface area (Å²) in [5.41, 5.74) is 0. The van der Waals surface area contributed by atoms with Gasteiger partial charge in [0.05, 0.1) is 10.8 Å². The van der Waals surface area contributed by atoms with Gasteiger partial charge in [0.25, 0.3) is 0 Å². The van der Waals surface area contributed by atoms with Crippen molar-refractivity contribution in [3.05, 3.63) is 0 Å². The molecule has 0 aliphatic rings. The van der Waals surface area contributed by atoms with Gasteiger partial charge in [-0.3, -0.25) is 4.79 Å². The Bertz CT molecular complexity index is 201. The molecule has 6 heteroatoms. The summed E-state index contributed by atoms with van der Waals surface area (Å²) in [5.74, 6) is 0.0872. The second-order valence-electron chi connectivity index (χ2n) is 3.52. The Morgan fingerprint density at radius 3 is 2.31 bits per heavy atom. The van der Waals surface area contributed by atoms with Crippen LogP contribution >= 0.6 is 46.4 Å². The predicted molar refractivity (Wildman–Crippen MR) is 70.1 cm³/mol. The van der Waals surface area contributed by atoms with Gasteiger partial charge in [0.15, 0.2) is 0 Å². The fourth-order valence-electron chi connectivity index (χ4n) is 1.09. The maximum absolute atomic E-state index is 10.6. The van der Waals surface area contributed by atoms with E-state index in [2.05, 4.69) is 0 Å². The fraction of sp³-hybridized carbons (Fsp3) is 0.900. The minimum absolute atomic E-state index is 0.0206. The zero-order chi connectivity index (χ0) is 12.6. The van der Waals surface area contributed by atoms with Crippen LogP contribution in [0.3, 0.4) is 0 Å². The van der Waals surface area contributed by atoms with E-state index in [0.717, 1.165) is 19.3 Å². The molecule has 2 nitrogen and oxygen atoms in total. The van der Waals surface area contributed by atoms with E-state index in [-0.39, 0.29) is 28.7 Å². The first-order valence-corrected chi connectivity index (χ1v) is 6.93. The summed E-state index contributed by atoms with van der Waals surface area (Å²) in [6.07, 6.45) is 2.40. The molecule has 0 rings (SSSR count). The molecule has 96 valence electrons. The Balaban J connectivity index is 3.62. The lowest BCUT2D eigenvalue weighted by Crippen LogP contribution is -2.22. The van der Waals surface area contributed by atoms with Gasteiger partial charge in [-0.25, -0.2) is 0 Å². The van der Waals surface area contributed by atoms with Gasteiger partial charge in [-0.05, 0) is 12.8 Å². The molecule has 0 amide bonds. The van der Waals surface area contributed by atoms with Gasteiger partial charge in [-0.15, -0.1) is 46.4 Å². The predicted octanol–water partition coefficient (Wildman–Crippen LogP) is 3.78. The number of hydrogen-bond donors (Lipinski definition) is 0. The summed E-state index contributed by atoms with van der Waals surface area (Å²) in [6, 6.07) is 0. The standard InChI is InChI=1S/C10H16Cl4O2/c1-7(15)16-6-10(14)9(13)4-2-3-8(12)5-11/h8-10H,2-6H2,1H3. The topological polar surface area (TPSA) is 26.3 Å². The highest BCUT2D eigenvalue weighted by atomic mass is 35.5. The second kappa shape index (κ2) is 9.64. The number of halogens is 4. The fourth-order valence-corrected chi connectivity index (χ4v) is 1.82. The molecule has 0 saturated heterocycles. The van der Waals surface area contributed by atoms with Crippen molar-refractivity contribution >= 4 is 52.4 Å². The summed E-state index contributed by atoms with van der Waals surface area (Å²) in [4.78, 5) is 10.6. The van der Waals surface area contributed by atoms with Crippen LogP contribution in [-0.4, -0.2) is 34.6 Å². The van der Waals surface area contributed by atoms with Gasteiger partial charge < -0.3 is 4.74 Å². The van der Waals surface area contributed by atoms with Crippen LogP contribution in [0.15, 0.2) is 0 Å². The normalized spacial score (nSPS) is 16.6. The smallest absolute Gasteiger partial charge is 0.302 e. The first kappa shape index (κ1) is 16.6. The lowest BCUT2D eigenvalue weighted by molar-refractivity contribution is -0.140. The highest BCUT2D eigenvalue weighted by molar-refractivity contribution is 6.30. The minimum Gasteiger partial charge on any atom is -0.464 e. The van der Waals surface area contributed by atoms with Gasteiger partial charge in [0, 0.05) is 18.2 Å². The van der Waals surface area contributed by atoms with Crippen molar-refractivity contribution in [3.63, 3.8) is 0 Å². The van der Waals surface area contributed by atoms with Crippen molar-refractivity contribution in [1.82, 2.24) is 0 Å². The molecule has 0 saturated carbocycles. The maximum Gasteiger partial charge on any atom is 0.302 e. The largest absolute Gasteiger partial charge is 0.464 e. The quantitative estimate of drug-likeness (QED) is 0.504. The molecule has 0 aromatic carbocycles. The highest BCUT2D eigenvalue weighted by Gasteiger charge is 2.18. The molecule has 0 aliphatic carbocycles. The Labute approximate surface area is 117 Å². The molecular weight excluding hydrogens is 294 g/mol.